The van der Waals surface area contributed by atoms with Crippen molar-refractivity contribution in [3.8, 4) is 5.75 Å². The number of anilines is 1. The second-order valence-electron chi connectivity index (χ2n) is 6.90. The van der Waals surface area contributed by atoms with E-state index in [-0.39, 0.29) is 16.3 Å². The summed E-state index contributed by atoms with van der Waals surface area (Å²) in [6, 6.07) is 10.9. The zero-order chi connectivity index (χ0) is 21.0. The third-order valence-electron chi connectivity index (χ3n) is 5.03. The number of carbonyl (C=O) groups excluding carboxylic acids is 1. The number of nitro groups is 1. The monoisotopic (exact) mass is 418 g/mol. The molecule has 1 aliphatic carbocycles. The molecule has 2 aromatic carbocycles. The van der Waals surface area contributed by atoms with Crippen LogP contribution in [0.15, 0.2) is 53.4 Å². The largest absolute Gasteiger partial charge is 0.497 e. The second-order valence-corrected chi connectivity index (χ2v) is 8.68. The second kappa shape index (κ2) is 8.60. The van der Waals surface area contributed by atoms with E-state index in [0.29, 0.717) is 18.6 Å². The molecule has 9 heteroatoms. The van der Waals surface area contributed by atoms with E-state index >= 15 is 0 Å². The molecule has 0 unspecified atom stereocenters. The smallest absolute Gasteiger partial charge is 0.271 e. The molecule has 154 valence electrons. The number of rotatable bonds is 6. The standard InChI is InChI=1S/C20H22N2O6S/c1-28-18-12-10-16(11-13-18)21(20(23)15-6-3-2-4-7-15)29(26,27)19-9-5-8-17(14-19)22(24)25/h5,8-15H,2-4,6-7H2,1H3. The molecule has 0 spiro atoms. The van der Waals surface area contributed by atoms with Gasteiger partial charge in [0.2, 0.25) is 5.91 Å². The first-order valence-corrected chi connectivity index (χ1v) is 10.8. The van der Waals surface area contributed by atoms with Gasteiger partial charge in [0.25, 0.3) is 15.7 Å². The Hall–Kier alpha value is -2.94. The molecule has 0 N–H and O–H groups in total. The van der Waals surface area contributed by atoms with Crippen molar-refractivity contribution in [2.24, 2.45) is 5.92 Å². The molecule has 0 bridgehead atoms. The predicted octanol–water partition coefficient (Wildman–Crippen LogP) is 3.91. The van der Waals surface area contributed by atoms with E-state index in [9.17, 15) is 23.3 Å². The minimum Gasteiger partial charge on any atom is -0.497 e. The van der Waals surface area contributed by atoms with Crippen LogP contribution in [0.5, 0.6) is 5.75 Å². The van der Waals surface area contributed by atoms with Gasteiger partial charge in [-0.2, -0.15) is 0 Å². The van der Waals surface area contributed by atoms with Crippen LogP contribution in [0.2, 0.25) is 0 Å². The SMILES string of the molecule is COc1ccc(N(C(=O)C2CCCCC2)S(=O)(=O)c2cccc([N+](=O)[O-])c2)cc1. The molecule has 3 rings (SSSR count). The normalized spacial score (nSPS) is 14.9. The molecule has 0 atom stereocenters. The summed E-state index contributed by atoms with van der Waals surface area (Å²) in [6.45, 7) is 0. The van der Waals surface area contributed by atoms with Gasteiger partial charge in [0.05, 0.1) is 22.6 Å². The van der Waals surface area contributed by atoms with Crippen molar-refractivity contribution in [3.63, 3.8) is 0 Å². The molecule has 1 amide bonds. The lowest BCUT2D eigenvalue weighted by Gasteiger charge is -2.29. The fourth-order valence-corrected chi connectivity index (χ4v) is 5.00. The molecule has 1 aliphatic rings. The van der Waals surface area contributed by atoms with Gasteiger partial charge in [0.1, 0.15) is 5.75 Å². The zero-order valence-electron chi connectivity index (χ0n) is 16.0. The Morgan fingerprint density at radius 1 is 1.10 bits per heavy atom. The van der Waals surface area contributed by atoms with E-state index in [1.807, 2.05) is 0 Å². The summed E-state index contributed by atoms with van der Waals surface area (Å²) in [4.78, 5) is 23.4. The molecule has 0 radical (unpaired) electrons. The van der Waals surface area contributed by atoms with Crippen LogP contribution in [0.3, 0.4) is 0 Å². The Morgan fingerprint density at radius 2 is 1.76 bits per heavy atom. The maximum Gasteiger partial charge on any atom is 0.271 e. The van der Waals surface area contributed by atoms with Crippen molar-refractivity contribution >= 4 is 27.3 Å². The Kier molecular flexibility index (Phi) is 6.17. The quantitative estimate of drug-likeness (QED) is 0.520. The average molecular weight is 418 g/mol. The maximum atomic E-state index is 13.4. The lowest BCUT2D eigenvalue weighted by molar-refractivity contribution is -0.385. The number of methoxy groups -OCH3 is 1. The topological polar surface area (TPSA) is 107 Å². The zero-order valence-corrected chi connectivity index (χ0v) is 16.8. The van der Waals surface area contributed by atoms with Crippen molar-refractivity contribution in [2.75, 3.05) is 11.4 Å². The number of hydrogen-bond acceptors (Lipinski definition) is 6. The molecule has 8 nitrogen and oxygen atoms in total. The van der Waals surface area contributed by atoms with Crippen LogP contribution >= 0.6 is 0 Å². The number of nitro benzene ring substituents is 1. The maximum absolute atomic E-state index is 13.4. The number of benzene rings is 2. The lowest BCUT2D eigenvalue weighted by Crippen LogP contribution is -2.41. The van der Waals surface area contributed by atoms with Gasteiger partial charge in [-0.1, -0.05) is 25.3 Å². The molecule has 1 saturated carbocycles. The summed E-state index contributed by atoms with van der Waals surface area (Å²) >= 11 is 0. The van der Waals surface area contributed by atoms with Crippen LogP contribution in [0, 0.1) is 16.0 Å². The summed E-state index contributed by atoms with van der Waals surface area (Å²) in [5.41, 5.74) is -0.182. The first-order valence-electron chi connectivity index (χ1n) is 9.32. The van der Waals surface area contributed by atoms with E-state index in [0.717, 1.165) is 29.6 Å². The minimum absolute atomic E-state index is 0.174. The van der Waals surface area contributed by atoms with Gasteiger partial charge in [0, 0.05) is 18.1 Å². The molecule has 0 aliphatic heterocycles. The molecule has 2 aromatic rings. The molecule has 29 heavy (non-hydrogen) atoms. The Balaban J connectivity index is 2.08. The van der Waals surface area contributed by atoms with E-state index in [4.69, 9.17) is 4.74 Å². The molecule has 1 fully saturated rings. The van der Waals surface area contributed by atoms with Crippen molar-refractivity contribution in [1.82, 2.24) is 0 Å². The summed E-state index contributed by atoms with van der Waals surface area (Å²) in [6.07, 6.45) is 3.99. The van der Waals surface area contributed by atoms with Crippen molar-refractivity contribution < 1.29 is 22.9 Å². The average Bonchev–Trinajstić information content (AvgIpc) is 2.75. The van der Waals surface area contributed by atoms with Gasteiger partial charge >= 0.3 is 0 Å². The van der Waals surface area contributed by atoms with E-state index < -0.39 is 26.8 Å². The Morgan fingerprint density at radius 3 is 2.34 bits per heavy atom. The van der Waals surface area contributed by atoms with Crippen molar-refractivity contribution in [2.45, 2.75) is 37.0 Å². The van der Waals surface area contributed by atoms with E-state index in [1.54, 1.807) is 12.1 Å². The number of ether oxygens (including phenoxy) is 1. The van der Waals surface area contributed by atoms with E-state index in [1.165, 1.54) is 37.4 Å². The first-order chi connectivity index (χ1) is 13.8. The van der Waals surface area contributed by atoms with Crippen LogP contribution in [0.1, 0.15) is 32.1 Å². The van der Waals surface area contributed by atoms with E-state index in [2.05, 4.69) is 0 Å². The minimum atomic E-state index is -4.34. The van der Waals surface area contributed by atoms with Crippen molar-refractivity contribution in [3.05, 3.63) is 58.6 Å². The van der Waals surface area contributed by atoms with Crippen LogP contribution in [-0.4, -0.2) is 26.4 Å². The molecule has 0 aromatic heterocycles. The van der Waals surface area contributed by atoms with Crippen LogP contribution in [0.25, 0.3) is 0 Å². The van der Waals surface area contributed by atoms with Crippen LogP contribution < -0.4 is 9.04 Å². The Labute approximate surface area is 169 Å². The highest BCUT2D eigenvalue weighted by Gasteiger charge is 2.36. The van der Waals surface area contributed by atoms with Crippen molar-refractivity contribution in [1.29, 1.82) is 0 Å². The van der Waals surface area contributed by atoms with Gasteiger partial charge < -0.3 is 4.74 Å². The van der Waals surface area contributed by atoms with Gasteiger partial charge in [-0.3, -0.25) is 14.9 Å². The highest BCUT2D eigenvalue weighted by atomic mass is 32.2. The highest BCUT2D eigenvalue weighted by molar-refractivity contribution is 7.93. The molecular formula is C20H22N2O6S. The molecule has 0 heterocycles. The number of hydrogen-bond donors (Lipinski definition) is 0. The summed E-state index contributed by atoms with van der Waals surface area (Å²) in [5.74, 6) is -0.396. The lowest BCUT2D eigenvalue weighted by atomic mass is 9.88. The Bertz CT molecular complexity index is 998. The summed E-state index contributed by atoms with van der Waals surface area (Å²) in [7, 11) is -2.85. The summed E-state index contributed by atoms with van der Waals surface area (Å²) < 4.78 is 32.7. The van der Waals surface area contributed by atoms with Gasteiger partial charge in [-0.15, -0.1) is 0 Å². The third kappa shape index (κ3) is 4.40. The van der Waals surface area contributed by atoms with Crippen LogP contribution in [-0.2, 0) is 14.8 Å². The van der Waals surface area contributed by atoms with Gasteiger partial charge in [0.15, 0.2) is 0 Å². The summed E-state index contributed by atoms with van der Waals surface area (Å²) in [5, 5.41) is 11.1. The number of non-ortho nitro benzene ring substituents is 1. The highest BCUT2D eigenvalue weighted by Crippen LogP contribution is 2.33. The number of sulfonamides is 1. The first kappa shape index (κ1) is 20.8. The van der Waals surface area contributed by atoms with Gasteiger partial charge in [-0.25, -0.2) is 12.7 Å². The fraction of sp³-hybridized carbons (Fsp3) is 0.350. The third-order valence-corrected chi connectivity index (χ3v) is 6.75. The number of carbonyl (C=O) groups is 1. The fourth-order valence-electron chi connectivity index (χ4n) is 3.48. The number of amides is 1. The van der Waals surface area contributed by atoms with Crippen LogP contribution in [0.4, 0.5) is 11.4 Å². The molecular weight excluding hydrogens is 396 g/mol. The molecule has 0 saturated heterocycles. The predicted molar refractivity (Wildman–Crippen MR) is 107 cm³/mol. The number of nitrogens with zero attached hydrogens (tertiary/aromatic N) is 2. The van der Waals surface area contributed by atoms with Gasteiger partial charge in [-0.05, 0) is 43.2 Å².